The SMILES string of the molecule is CCC(CC)(CNc1nc2cc(C)ccc2s1)SC. The van der Waals surface area contributed by atoms with Crippen molar-refractivity contribution in [3.05, 3.63) is 23.8 Å². The van der Waals surface area contributed by atoms with Crippen molar-refractivity contribution in [2.45, 2.75) is 38.4 Å². The normalized spacial score (nSPS) is 12.0. The minimum absolute atomic E-state index is 0.327. The summed E-state index contributed by atoms with van der Waals surface area (Å²) in [6.45, 7) is 7.63. The maximum Gasteiger partial charge on any atom is 0.183 e. The van der Waals surface area contributed by atoms with Crippen LogP contribution in [0, 0.1) is 6.92 Å². The fourth-order valence-corrected chi connectivity index (χ4v) is 3.85. The Hall–Kier alpha value is -0.740. The van der Waals surface area contributed by atoms with Gasteiger partial charge < -0.3 is 5.32 Å². The smallest absolute Gasteiger partial charge is 0.183 e. The lowest BCUT2D eigenvalue weighted by Gasteiger charge is -2.29. The molecule has 1 N–H and O–H groups in total. The van der Waals surface area contributed by atoms with Crippen LogP contribution in [0.15, 0.2) is 18.2 Å². The molecular formula is C15H22N2S2. The minimum Gasteiger partial charge on any atom is -0.360 e. The highest BCUT2D eigenvalue weighted by molar-refractivity contribution is 8.00. The Labute approximate surface area is 124 Å². The lowest BCUT2D eigenvalue weighted by molar-refractivity contribution is 0.574. The number of nitrogens with zero attached hydrogens (tertiary/aromatic N) is 1. The Morgan fingerprint density at radius 1 is 1.32 bits per heavy atom. The number of thioether (sulfide) groups is 1. The first-order valence-electron chi connectivity index (χ1n) is 6.78. The molecule has 0 atom stereocenters. The molecule has 2 nitrogen and oxygen atoms in total. The topological polar surface area (TPSA) is 24.9 Å². The predicted molar refractivity (Wildman–Crippen MR) is 89.7 cm³/mol. The van der Waals surface area contributed by atoms with Gasteiger partial charge in [-0.2, -0.15) is 11.8 Å². The third kappa shape index (κ3) is 3.23. The van der Waals surface area contributed by atoms with Gasteiger partial charge in [-0.05, 0) is 43.7 Å². The zero-order valence-electron chi connectivity index (χ0n) is 12.1. The van der Waals surface area contributed by atoms with E-state index in [0.29, 0.717) is 4.75 Å². The van der Waals surface area contributed by atoms with Crippen LogP contribution in [-0.2, 0) is 0 Å². The molecule has 4 heteroatoms. The van der Waals surface area contributed by atoms with Gasteiger partial charge in [-0.25, -0.2) is 4.98 Å². The quantitative estimate of drug-likeness (QED) is 0.817. The van der Waals surface area contributed by atoms with Gasteiger partial charge in [0.1, 0.15) is 0 Å². The molecule has 0 aliphatic heterocycles. The standard InChI is InChI=1S/C15H22N2S2/c1-5-15(6-2,18-4)10-16-14-17-12-9-11(3)7-8-13(12)19-14/h7-9H,5-6,10H2,1-4H3,(H,16,17). The molecule has 0 radical (unpaired) electrons. The fraction of sp³-hybridized carbons (Fsp3) is 0.533. The second kappa shape index (κ2) is 6.14. The lowest BCUT2D eigenvalue weighted by atomic mass is 10.0. The average molecular weight is 294 g/mol. The summed E-state index contributed by atoms with van der Waals surface area (Å²) in [4.78, 5) is 4.68. The lowest BCUT2D eigenvalue weighted by Crippen LogP contribution is -2.31. The predicted octanol–water partition coefficient (Wildman–Crippen LogP) is 4.94. The van der Waals surface area contributed by atoms with Gasteiger partial charge in [0, 0.05) is 11.3 Å². The molecule has 0 amide bonds. The molecule has 19 heavy (non-hydrogen) atoms. The summed E-state index contributed by atoms with van der Waals surface area (Å²) in [7, 11) is 0. The zero-order valence-corrected chi connectivity index (χ0v) is 13.8. The number of hydrogen-bond acceptors (Lipinski definition) is 4. The first-order chi connectivity index (χ1) is 9.12. The Balaban J connectivity index is 2.13. The molecule has 0 aliphatic rings. The van der Waals surface area contributed by atoms with Crippen LogP contribution in [0.2, 0.25) is 0 Å². The molecule has 1 aromatic heterocycles. The summed E-state index contributed by atoms with van der Waals surface area (Å²) in [5, 5.41) is 4.58. The van der Waals surface area contributed by atoms with Crippen LogP contribution >= 0.6 is 23.1 Å². The number of aryl methyl sites for hydroxylation is 1. The Bertz CT molecular complexity index is 536. The third-order valence-corrected chi connectivity index (χ3v) is 6.41. The van der Waals surface area contributed by atoms with E-state index < -0.39 is 0 Å². The van der Waals surface area contributed by atoms with Crippen LogP contribution in [0.25, 0.3) is 10.2 Å². The van der Waals surface area contributed by atoms with Crippen LogP contribution < -0.4 is 5.32 Å². The number of fused-ring (bicyclic) bond motifs is 1. The van der Waals surface area contributed by atoms with Gasteiger partial charge in [-0.15, -0.1) is 0 Å². The summed E-state index contributed by atoms with van der Waals surface area (Å²) in [6.07, 6.45) is 4.57. The van der Waals surface area contributed by atoms with Crippen molar-refractivity contribution in [1.29, 1.82) is 0 Å². The number of nitrogens with one attached hydrogen (secondary N) is 1. The fourth-order valence-electron chi connectivity index (χ4n) is 2.21. The number of benzene rings is 1. The summed E-state index contributed by atoms with van der Waals surface area (Å²) in [5.41, 5.74) is 2.38. The van der Waals surface area contributed by atoms with E-state index >= 15 is 0 Å². The Morgan fingerprint density at radius 3 is 2.68 bits per heavy atom. The first-order valence-corrected chi connectivity index (χ1v) is 8.83. The van der Waals surface area contributed by atoms with Gasteiger partial charge in [0.15, 0.2) is 5.13 Å². The number of thiazole rings is 1. The van der Waals surface area contributed by atoms with Crippen LogP contribution in [0.5, 0.6) is 0 Å². The number of hydrogen-bond donors (Lipinski definition) is 1. The molecule has 0 saturated carbocycles. The summed E-state index contributed by atoms with van der Waals surface area (Å²) in [6, 6.07) is 6.46. The second-order valence-corrected chi connectivity index (χ2v) is 7.24. The molecule has 2 rings (SSSR count). The first kappa shape index (κ1) is 14.7. The highest BCUT2D eigenvalue weighted by Gasteiger charge is 2.24. The van der Waals surface area contributed by atoms with E-state index in [9.17, 15) is 0 Å². The van der Waals surface area contributed by atoms with E-state index in [1.807, 2.05) is 11.8 Å². The molecule has 0 unspecified atom stereocenters. The highest BCUT2D eigenvalue weighted by Crippen LogP contribution is 2.32. The van der Waals surface area contributed by atoms with Crippen molar-refractivity contribution in [3.8, 4) is 0 Å². The van der Waals surface area contributed by atoms with Crippen LogP contribution in [-0.4, -0.2) is 22.5 Å². The van der Waals surface area contributed by atoms with E-state index in [1.54, 1.807) is 11.3 Å². The maximum atomic E-state index is 4.68. The van der Waals surface area contributed by atoms with Gasteiger partial charge in [-0.1, -0.05) is 31.3 Å². The van der Waals surface area contributed by atoms with Crippen LogP contribution in [0.1, 0.15) is 32.3 Å². The van der Waals surface area contributed by atoms with Crippen molar-refractivity contribution >= 4 is 38.4 Å². The van der Waals surface area contributed by atoms with E-state index in [2.05, 4.69) is 55.5 Å². The summed E-state index contributed by atoms with van der Waals surface area (Å²) >= 11 is 3.71. The van der Waals surface area contributed by atoms with Crippen molar-refractivity contribution in [3.63, 3.8) is 0 Å². The molecule has 1 heterocycles. The Kier molecular flexibility index (Phi) is 4.74. The molecular weight excluding hydrogens is 272 g/mol. The highest BCUT2D eigenvalue weighted by atomic mass is 32.2. The van der Waals surface area contributed by atoms with E-state index in [-0.39, 0.29) is 0 Å². The molecule has 1 aromatic carbocycles. The van der Waals surface area contributed by atoms with E-state index in [0.717, 1.165) is 17.2 Å². The van der Waals surface area contributed by atoms with Gasteiger partial charge >= 0.3 is 0 Å². The average Bonchev–Trinajstić information content (AvgIpc) is 2.83. The van der Waals surface area contributed by atoms with Crippen LogP contribution in [0.3, 0.4) is 0 Å². The molecule has 0 spiro atoms. The van der Waals surface area contributed by atoms with Gasteiger partial charge in [0.05, 0.1) is 10.2 Å². The summed E-state index contributed by atoms with van der Waals surface area (Å²) < 4.78 is 1.59. The minimum atomic E-state index is 0.327. The molecule has 0 aliphatic carbocycles. The van der Waals surface area contributed by atoms with E-state index in [1.165, 1.54) is 23.1 Å². The third-order valence-electron chi connectivity index (χ3n) is 3.83. The van der Waals surface area contributed by atoms with Crippen molar-refractivity contribution < 1.29 is 0 Å². The zero-order chi connectivity index (χ0) is 13.9. The molecule has 0 fully saturated rings. The number of aromatic nitrogens is 1. The van der Waals surface area contributed by atoms with Gasteiger partial charge in [0.2, 0.25) is 0 Å². The van der Waals surface area contributed by atoms with Crippen molar-refractivity contribution in [2.75, 3.05) is 18.1 Å². The number of rotatable bonds is 6. The molecule has 0 bridgehead atoms. The van der Waals surface area contributed by atoms with E-state index in [4.69, 9.17) is 0 Å². The molecule has 0 saturated heterocycles. The summed E-state index contributed by atoms with van der Waals surface area (Å²) in [5.74, 6) is 0. The molecule has 2 aromatic rings. The van der Waals surface area contributed by atoms with Gasteiger partial charge in [-0.3, -0.25) is 0 Å². The molecule has 104 valence electrons. The van der Waals surface area contributed by atoms with Crippen LogP contribution in [0.4, 0.5) is 5.13 Å². The maximum absolute atomic E-state index is 4.68. The second-order valence-electron chi connectivity index (χ2n) is 4.94. The number of anilines is 1. The largest absolute Gasteiger partial charge is 0.360 e. The van der Waals surface area contributed by atoms with Gasteiger partial charge in [0.25, 0.3) is 0 Å². The van der Waals surface area contributed by atoms with Crippen molar-refractivity contribution in [2.24, 2.45) is 0 Å². The Morgan fingerprint density at radius 2 is 2.05 bits per heavy atom. The monoisotopic (exact) mass is 294 g/mol. The van der Waals surface area contributed by atoms with Crippen molar-refractivity contribution in [1.82, 2.24) is 4.98 Å².